The molecule has 15 heavy (non-hydrogen) atoms. The second-order valence-electron chi connectivity index (χ2n) is 3.34. The van der Waals surface area contributed by atoms with Gasteiger partial charge >= 0.3 is 0 Å². The molecule has 0 amide bonds. The maximum absolute atomic E-state index is 5.76. The number of nitrogen functional groups attached to an aromatic ring is 1. The lowest BCUT2D eigenvalue weighted by atomic mass is 10.1. The first kappa shape index (κ1) is 10.3. The van der Waals surface area contributed by atoms with Gasteiger partial charge in [0.05, 0.1) is 5.69 Å². The van der Waals surface area contributed by atoms with Crippen LogP contribution in [-0.2, 0) is 6.42 Å². The first-order valence-corrected chi connectivity index (χ1v) is 5.51. The zero-order chi connectivity index (χ0) is 11.0. The van der Waals surface area contributed by atoms with E-state index in [0.717, 1.165) is 29.0 Å². The smallest absolute Gasteiger partial charge is 0.170 e. The molecule has 80 valence electrons. The van der Waals surface area contributed by atoms with Crippen molar-refractivity contribution in [1.82, 2.24) is 10.2 Å². The summed E-state index contributed by atoms with van der Waals surface area (Å²) >= 11 is 3.30. The molecule has 0 aliphatic rings. The van der Waals surface area contributed by atoms with E-state index in [0.29, 0.717) is 10.5 Å². The summed E-state index contributed by atoms with van der Waals surface area (Å²) in [7, 11) is 0. The van der Waals surface area contributed by atoms with Gasteiger partial charge in [0.15, 0.2) is 4.67 Å². The van der Waals surface area contributed by atoms with Crippen LogP contribution in [0, 0.1) is 6.92 Å². The second-order valence-corrected chi connectivity index (χ2v) is 4.12. The van der Waals surface area contributed by atoms with Crippen LogP contribution in [0.25, 0.3) is 11.3 Å². The number of aromatic amines is 1. The van der Waals surface area contributed by atoms with Crippen molar-refractivity contribution in [3.8, 4) is 11.3 Å². The Kier molecular flexibility index (Phi) is 2.56. The van der Waals surface area contributed by atoms with E-state index in [9.17, 15) is 0 Å². The van der Waals surface area contributed by atoms with Crippen molar-refractivity contribution in [2.45, 2.75) is 20.3 Å². The van der Waals surface area contributed by atoms with Crippen LogP contribution in [0.5, 0.6) is 0 Å². The van der Waals surface area contributed by atoms with E-state index in [1.54, 1.807) is 0 Å². The molecule has 0 radical (unpaired) electrons. The van der Waals surface area contributed by atoms with Crippen molar-refractivity contribution in [2.75, 3.05) is 5.73 Å². The maximum atomic E-state index is 5.76. The summed E-state index contributed by atoms with van der Waals surface area (Å²) in [5, 5.41) is 6.95. The topological polar surface area (TPSA) is 67.8 Å². The number of nitrogens with zero attached hydrogens (tertiary/aromatic N) is 1. The minimum absolute atomic E-state index is 0.559. The molecule has 0 bridgehead atoms. The third-order valence-corrected chi connectivity index (χ3v) is 2.80. The summed E-state index contributed by atoms with van der Waals surface area (Å²) in [5.41, 5.74) is 8.74. The Morgan fingerprint density at radius 3 is 2.87 bits per heavy atom. The predicted octanol–water partition coefficient (Wildman–Crippen LogP) is 2.89. The Bertz CT molecular complexity index is 487. The van der Waals surface area contributed by atoms with Crippen LogP contribution in [0.1, 0.15) is 18.2 Å². The van der Waals surface area contributed by atoms with Crippen LogP contribution in [0.15, 0.2) is 15.2 Å². The third kappa shape index (κ3) is 1.67. The van der Waals surface area contributed by atoms with Gasteiger partial charge in [-0.1, -0.05) is 6.92 Å². The highest BCUT2D eigenvalue weighted by Crippen LogP contribution is 2.32. The number of halogens is 1. The van der Waals surface area contributed by atoms with Crippen LogP contribution in [0.2, 0.25) is 0 Å². The summed E-state index contributed by atoms with van der Waals surface area (Å²) in [6.45, 7) is 3.96. The number of rotatable bonds is 2. The molecule has 0 atom stereocenters. The van der Waals surface area contributed by atoms with E-state index in [1.807, 2.05) is 13.0 Å². The molecule has 0 saturated carbocycles. The highest BCUT2D eigenvalue weighted by molar-refractivity contribution is 9.10. The predicted molar refractivity (Wildman–Crippen MR) is 62.5 cm³/mol. The van der Waals surface area contributed by atoms with Gasteiger partial charge in [0.2, 0.25) is 0 Å². The van der Waals surface area contributed by atoms with Gasteiger partial charge in [0.25, 0.3) is 0 Å². The molecule has 2 aromatic rings. The number of aromatic nitrogens is 2. The van der Waals surface area contributed by atoms with Crippen LogP contribution in [0.3, 0.4) is 0 Å². The number of H-pyrrole nitrogens is 1. The number of furan rings is 1. The van der Waals surface area contributed by atoms with Crippen molar-refractivity contribution in [3.63, 3.8) is 0 Å². The second kappa shape index (κ2) is 3.73. The van der Waals surface area contributed by atoms with Crippen molar-refractivity contribution in [3.05, 3.63) is 22.1 Å². The standard InChI is InChI=1S/C10H12BrN3O/c1-3-6-9(13-14-10(6)12)7-4-8(11)15-5(7)2/h4H,3H2,1-2H3,(H3,12,13,14). The highest BCUT2D eigenvalue weighted by atomic mass is 79.9. The third-order valence-electron chi connectivity index (χ3n) is 2.41. The molecule has 0 spiro atoms. The Labute approximate surface area is 96.0 Å². The summed E-state index contributed by atoms with van der Waals surface area (Å²) in [4.78, 5) is 0. The van der Waals surface area contributed by atoms with Crippen LogP contribution < -0.4 is 5.73 Å². The average molecular weight is 270 g/mol. The first-order chi connectivity index (χ1) is 7.13. The molecular formula is C10H12BrN3O. The van der Waals surface area contributed by atoms with Crippen LogP contribution in [-0.4, -0.2) is 10.2 Å². The Hall–Kier alpha value is -1.23. The molecule has 0 fully saturated rings. The molecule has 0 aromatic carbocycles. The van der Waals surface area contributed by atoms with Crippen LogP contribution >= 0.6 is 15.9 Å². The molecule has 4 nitrogen and oxygen atoms in total. The van der Waals surface area contributed by atoms with E-state index in [4.69, 9.17) is 10.2 Å². The number of hydrogen-bond donors (Lipinski definition) is 2. The monoisotopic (exact) mass is 269 g/mol. The molecule has 5 heteroatoms. The average Bonchev–Trinajstić information content (AvgIpc) is 2.69. The largest absolute Gasteiger partial charge is 0.454 e. The molecular weight excluding hydrogens is 258 g/mol. The molecule has 3 N–H and O–H groups in total. The van der Waals surface area contributed by atoms with Crippen molar-refractivity contribution >= 4 is 21.7 Å². The number of nitrogens with two attached hydrogens (primary N) is 1. The Balaban J connectivity index is 2.58. The van der Waals surface area contributed by atoms with Crippen molar-refractivity contribution in [1.29, 1.82) is 0 Å². The minimum atomic E-state index is 0.559. The quantitative estimate of drug-likeness (QED) is 0.881. The number of anilines is 1. The molecule has 2 aromatic heterocycles. The van der Waals surface area contributed by atoms with E-state index in [-0.39, 0.29) is 0 Å². The molecule has 0 aliphatic heterocycles. The Morgan fingerprint density at radius 1 is 1.60 bits per heavy atom. The van der Waals surface area contributed by atoms with Gasteiger partial charge in [0, 0.05) is 17.2 Å². The molecule has 2 heterocycles. The molecule has 0 aliphatic carbocycles. The summed E-state index contributed by atoms with van der Waals surface area (Å²) in [6.07, 6.45) is 0.847. The van der Waals surface area contributed by atoms with E-state index >= 15 is 0 Å². The lowest BCUT2D eigenvalue weighted by Gasteiger charge is -1.98. The van der Waals surface area contributed by atoms with Crippen molar-refractivity contribution in [2.24, 2.45) is 0 Å². The number of nitrogens with one attached hydrogen (secondary N) is 1. The minimum Gasteiger partial charge on any atom is -0.454 e. The SMILES string of the molecule is CCc1c(N)n[nH]c1-c1cc(Br)oc1C. The fourth-order valence-electron chi connectivity index (χ4n) is 1.65. The first-order valence-electron chi connectivity index (χ1n) is 4.72. The van der Waals surface area contributed by atoms with E-state index in [1.165, 1.54) is 0 Å². The zero-order valence-corrected chi connectivity index (χ0v) is 10.2. The Morgan fingerprint density at radius 2 is 2.33 bits per heavy atom. The van der Waals surface area contributed by atoms with E-state index in [2.05, 4.69) is 33.1 Å². The summed E-state index contributed by atoms with van der Waals surface area (Å²) in [5.74, 6) is 1.41. The lowest BCUT2D eigenvalue weighted by Crippen LogP contribution is -1.90. The normalized spacial score (nSPS) is 10.9. The summed E-state index contributed by atoms with van der Waals surface area (Å²) in [6, 6.07) is 1.92. The number of hydrogen-bond acceptors (Lipinski definition) is 3. The molecule has 0 unspecified atom stereocenters. The van der Waals surface area contributed by atoms with E-state index < -0.39 is 0 Å². The summed E-state index contributed by atoms with van der Waals surface area (Å²) < 4.78 is 6.12. The molecule has 0 saturated heterocycles. The maximum Gasteiger partial charge on any atom is 0.170 e. The van der Waals surface area contributed by atoms with Gasteiger partial charge in [-0.15, -0.1) is 0 Å². The van der Waals surface area contributed by atoms with Gasteiger partial charge in [-0.05, 0) is 29.3 Å². The van der Waals surface area contributed by atoms with Gasteiger partial charge in [0.1, 0.15) is 11.6 Å². The van der Waals surface area contributed by atoms with Crippen molar-refractivity contribution < 1.29 is 4.42 Å². The van der Waals surface area contributed by atoms with Gasteiger partial charge in [-0.3, -0.25) is 5.10 Å². The molecule has 2 rings (SSSR count). The van der Waals surface area contributed by atoms with Gasteiger partial charge < -0.3 is 10.2 Å². The van der Waals surface area contributed by atoms with Gasteiger partial charge in [-0.2, -0.15) is 5.10 Å². The lowest BCUT2D eigenvalue weighted by molar-refractivity contribution is 0.511. The van der Waals surface area contributed by atoms with Crippen LogP contribution in [0.4, 0.5) is 5.82 Å². The fraction of sp³-hybridized carbons (Fsp3) is 0.300. The number of aryl methyl sites for hydroxylation is 1. The van der Waals surface area contributed by atoms with Gasteiger partial charge in [-0.25, -0.2) is 0 Å². The fourth-order valence-corrected chi connectivity index (χ4v) is 2.13. The highest BCUT2D eigenvalue weighted by Gasteiger charge is 2.15. The zero-order valence-electron chi connectivity index (χ0n) is 8.60.